The van der Waals surface area contributed by atoms with Crippen LogP contribution in [0.5, 0.6) is 0 Å². The Balaban J connectivity index is 1.91. The number of nitrogens with two attached hydrogens (primary N) is 1. The van der Waals surface area contributed by atoms with Crippen molar-refractivity contribution in [2.45, 2.75) is 44.7 Å². The first-order valence-electron chi connectivity index (χ1n) is 7.96. The van der Waals surface area contributed by atoms with E-state index in [1.165, 1.54) is 19.4 Å². The van der Waals surface area contributed by atoms with Crippen molar-refractivity contribution in [3.63, 3.8) is 0 Å². The molecule has 2 fully saturated rings. The zero-order valence-electron chi connectivity index (χ0n) is 13.2. The smallest absolute Gasteiger partial charge is 0.319 e. The van der Waals surface area contributed by atoms with Gasteiger partial charge in [0.2, 0.25) is 0 Å². The molecule has 0 aliphatic carbocycles. The highest BCUT2D eigenvalue weighted by Gasteiger charge is 2.34. The fraction of sp³-hybridized carbons (Fsp3) is 0.933. The highest BCUT2D eigenvalue weighted by atomic mass is 16.2. The molecule has 2 heterocycles. The monoisotopic (exact) mass is 282 g/mol. The number of rotatable bonds is 2. The Hall–Kier alpha value is -0.810. The van der Waals surface area contributed by atoms with Crippen LogP contribution in [-0.4, -0.2) is 73.1 Å². The molecule has 2 saturated heterocycles. The predicted molar refractivity (Wildman–Crippen MR) is 81.6 cm³/mol. The van der Waals surface area contributed by atoms with Crippen LogP contribution in [0.4, 0.5) is 4.79 Å². The molecule has 0 saturated carbocycles. The van der Waals surface area contributed by atoms with Crippen LogP contribution >= 0.6 is 0 Å². The Morgan fingerprint density at radius 1 is 1.20 bits per heavy atom. The van der Waals surface area contributed by atoms with Gasteiger partial charge < -0.3 is 15.5 Å². The minimum Gasteiger partial charge on any atom is -0.331 e. The third-order valence-corrected chi connectivity index (χ3v) is 4.99. The molecule has 0 aromatic heterocycles. The fourth-order valence-corrected chi connectivity index (χ4v) is 3.77. The molecule has 2 unspecified atom stereocenters. The quantitative estimate of drug-likeness (QED) is 0.828. The Labute approximate surface area is 123 Å². The lowest BCUT2D eigenvalue weighted by Crippen LogP contribution is -2.56. The van der Waals surface area contributed by atoms with Crippen LogP contribution in [0.2, 0.25) is 0 Å². The number of likely N-dealkylation sites (tertiary alicyclic amines) is 2. The summed E-state index contributed by atoms with van der Waals surface area (Å²) in [5.74, 6) is 0.704. The van der Waals surface area contributed by atoms with E-state index in [9.17, 15) is 4.79 Å². The van der Waals surface area contributed by atoms with Gasteiger partial charge in [-0.15, -0.1) is 0 Å². The van der Waals surface area contributed by atoms with Gasteiger partial charge in [-0.3, -0.25) is 4.90 Å². The molecule has 2 N–H and O–H groups in total. The zero-order chi connectivity index (χ0) is 14.7. The van der Waals surface area contributed by atoms with Crippen molar-refractivity contribution in [3.8, 4) is 0 Å². The second-order valence-corrected chi connectivity index (χ2v) is 6.56. The van der Waals surface area contributed by atoms with E-state index in [-0.39, 0.29) is 6.03 Å². The van der Waals surface area contributed by atoms with Crippen molar-refractivity contribution in [2.75, 3.05) is 40.3 Å². The molecule has 0 bridgehead atoms. The second-order valence-electron chi connectivity index (χ2n) is 6.56. The van der Waals surface area contributed by atoms with Crippen LogP contribution in [0.25, 0.3) is 0 Å². The van der Waals surface area contributed by atoms with Crippen molar-refractivity contribution in [1.82, 2.24) is 14.7 Å². The van der Waals surface area contributed by atoms with Crippen molar-refractivity contribution >= 4 is 6.03 Å². The first-order chi connectivity index (χ1) is 9.54. The second kappa shape index (κ2) is 6.76. The fourth-order valence-electron chi connectivity index (χ4n) is 3.77. The summed E-state index contributed by atoms with van der Waals surface area (Å²) in [6.45, 7) is 6.03. The highest BCUT2D eigenvalue weighted by Crippen LogP contribution is 2.28. The molecule has 0 radical (unpaired) electrons. The predicted octanol–water partition coefficient (Wildman–Crippen LogP) is 1.19. The van der Waals surface area contributed by atoms with Crippen molar-refractivity contribution < 1.29 is 4.79 Å². The summed E-state index contributed by atoms with van der Waals surface area (Å²) in [5.41, 5.74) is 5.99. The number of amides is 2. The standard InChI is InChI=1S/C15H30N4O/c1-12-5-4-8-19(14(12)11-16)13-6-9-18(10-7-13)15(20)17(2)3/h12-14H,4-11,16H2,1-3H3. The normalized spacial score (nSPS) is 29.5. The first kappa shape index (κ1) is 15.6. The zero-order valence-corrected chi connectivity index (χ0v) is 13.2. The van der Waals surface area contributed by atoms with Crippen LogP contribution in [0.3, 0.4) is 0 Å². The number of hydrogen-bond donors (Lipinski definition) is 1. The molecular weight excluding hydrogens is 252 g/mol. The molecule has 5 heteroatoms. The van der Waals surface area contributed by atoms with Gasteiger partial charge in [0.15, 0.2) is 0 Å². The minimum absolute atomic E-state index is 0.144. The lowest BCUT2D eigenvalue weighted by Gasteiger charge is -2.47. The molecule has 5 nitrogen and oxygen atoms in total. The van der Waals surface area contributed by atoms with Gasteiger partial charge in [0.25, 0.3) is 0 Å². The summed E-state index contributed by atoms with van der Waals surface area (Å²) in [7, 11) is 3.65. The molecule has 2 aliphatic heterocycles. The van der Waals surface area contributed by atoms with Crippen molar-refractivity contribution in [3.05, 3.63) is 0 Å². The summed E-state index contributed by atoms with van der Waals surface area (Å²) < 4.78 is 0. The summed E-state index contributed by atoms with van der Waals surface area (Å²) in [4.78, 5) is 18.2. The lowest BCUT2D eigenvalue weighted by molar-refractivity contribution is 0.0326. The van der Waals surface area contributed by atoms with E-state index >= 15 is 0 Å². The van der Waals surface area contributed by atoms with Crippen LogP contribution in [0.15, 0.2) is 0 Å². The van der Waals surface area contributed by atoms with E-state index in [4.69, 9.17) is 5.73 Å². The largest absolute Gasteiger partial charge is 0.331 e. The molecule has 2 amide bonds. The van der Waals surface area contributed by atoms with Gasteiger partial charge in [0.1, 0.15) is 0 Å². The van der Waals surface area contributed by atoms with Gasteiger partial charge in [-0.05, 0) is 38.1 Å². The number of urea groups is 1. The van der Waals surface area contributed by atoms with Crippen LogP contribution in [0, 0.1) is 5.92 Å². The van der Waals surface area contributed by atoms with Gasteiger partial charge in [-0.1, -0.05) is 6.92 Å². The number of carbonyl (C=O) groups excluding carboxylic acids is 1. The van der Waals surface area contributed by atoms with E-state index in [1.807, 2.05) is 19.0 Å². The summed E-state index contributed by atoms with van der Waals surface area (Å²) in [6, 6.07) is 1.29. The summed E-state index contributed by atoms with van der Waals surface area (Å²) >= 11 is 0. The Bertz CT molecular complexity index is 326. The third-order valence-electron chi connectivity index (χ3n) is 4.99. The maximum Gasteiger partial charge on any atom is 0.319 e. The maximum atomic E-state index is 12.0. The van der Waals surface area contributed by atoms with E-state index in [1.54, 1.807) is 4.90 Å². The molecule has 20 heavy (non-hydrogen) atoms. The number of hydrogen-bond acceptors (Lipinski definition) is 3. The Morgan fingerprint density at radius 3 is 2.40 bits per heavy atom. The van der Waals surface area contributed by atoms with Gasteiger partial charge in [-0.25, -0.2) is 4.79 Å². The number of carbonyl (C=O) groups is 1. The third kappa shape index (κ3) is 3.26. The van der Waals surface area contributed by atoms with Gasteiger partial charge in [-0.2, -0.15) is 0 Å². The first-order valence-corrected chi connectivity index (χ1v) is 7.96. The molecule has 116 valence electrons. The molecule has 2 aliphatic rings. The maximum absolute atomic E-state index is 12.0. The van der Waals surface area contributed by atoms with Crippen LogP contribution < -0.4 is 5.73 Å². The average molecular weight is 282 g/mol. The van der Waals surface area contributed by atoms with Gasteiger partial charge in [0, 0.05) is 45.8 Å². The van der Waals surface area contributed by atoms with Gasteiger partial charge in [0.05, 0.1) is 0 Å². The molecule has 0 aromatic rings. The van der Waals surface area contributed by atoms with Crippen molar-refractivity contribution in [2.24, 2.45) is 11.7 Å². The molecule has 0 spiro atoms. The SMILES string of the molecule is CC1CCCN(C2CCN(C(=O)N(C)C)CC2)C1CN. The highest BCUT2D eigenvalue weighted by molar-refractivity contribution is 5.73. The Kier molecular flexibility index (Phi) is 5.27. The summed E-state index contributed by atoms with van der Waals surface area (Å²) in [5, 5.41) is 0. The van der Waals surface area contributed by atoms with E-state index in [0.717, 1.165) is 32.5 Å². The molecule has 2 atom stereocenters. The number of nitrogens with zero attached hydrogens (tertiary/aromatic N) is 3. The van der Waals surface area contributed by atoms with E-state index in [2.05, 4.69) is 11.8 Å². The molecular formula is C15H30N4O. The van der Waals surface area contributed by atoms with Crippen LogP contribution in [-0.2, 0) is 0 Å². The Morgan fingerprint density at radius 2 is 1.85 bits per heavy atom. The average Bonchev–Trinajstić information content (AvgIpc) is 2.46. The van der Waals surface area contributed by atoms with Crippen LogP contribution in [0.1, 0.15) is 32.6 Å². The van der Waals surface area contributed by atoms with E-state index < -0.39 is 0 Å². The summed E-state index contributed by atoms with van der Waals surface area (Å²) in [6.07, 6.45) is 4.76. The number of piperidine rings is 2. The van der Waals surface area contributed by atoms with Crippen molar-refractivity contribution in [1.29, 1.82) is 0 Å². The molecule has 0 aromatic carbocycles. The lowest BCUT2D eigenvalue weighted by atomic mass is 9.88. The van der Waals surface area contributed by atoms with Gasteiger partial charge >= 0.3 is 6.03 Å². The molecule has 2 rings (SSSR count). The topological polar surface area (TPSA) is 52.8 Å². The van der Waals surface area contributed by atoms with E-state index in [0.29, 0.717) is 18.0 Å². The minimum atomic E-state index is 0.144.